The Hall–Kier alpha value is -2.48. The van der Waals surface area contributed by atoms with Crippen molar-refractivity contribution in [2.45, 2.75) is 25.8 Å². The van der Waals surface area contributed by atoms with Crippen molar-refractivity contribution >= 4 is 12.0 Å². The number of carbonyl (C=O) groups is 2. The zero-order valence-electron chi connectivity index (χ0n) is 16.3. The van der Waals surface area contributed by atoms with Crippen LogP contribution in [-0.2, 0) is 4.74 Å². The summed E-state index contributed by atoms with van der Waals surface area (Å²) in [7, 11) is 0. The van der Waals surface area contributed by atoms with Gasteiger partial charge in [0.2, 0.25) is 6.79 Å². The van der Waals surface area contributed by atoms with Crippen LogP contribution >= 0.6 is 0 Å². The zero-order valence-corrected chi connectivity index (χ0v) is 16.3. The molecule has 1 atom stereocenters. The van der Waals surface area contributed by atoms with Crippen molar-refractivity contribution in [2.75, 3.05) is 52.7 Å². The summed E-state index contributed by atoms with van der Waals surface area (Å²) in [5.74, 6) is 1.35. The van der Waals surface area contributed by atoms with Crippen LogP contribution in [0, 0.1) is 0 Å². The zero-order chi connectivity index (χ0) is 19.5. The highest BCUT2D eigenvalue weighted by atomic mass is 16.7. The van der Waals surface area contributed by atoms with Crippen LogP contribution < -0.4 is 9.47 Å². The molecule has 4 rings (SSSR count). The molecule has 1 aromatic carbocycles. The number of nitrogens with zero attached hydrogens (tertiary/aromatic N) is 3. The van der Waals surface area contributed by atoms with Crippen LogP contribution in [0.1, 0.15) is 30.1 Å². The van der Waals surface area contributed by atoms with E-state index in [0.29, 0.717) is 42.8 Å². The average Bonchev–Trinajstić information content (AvgIpc) is 3.31. The highest BCUT2D eigenvalue weighted by Gasteiger charge is 2.32. The maximum absolute atomic E-state index is 12.9. The van der Waals surface area contributed by atoms with Crippen molar-refractivity contribution < 1.29 is 23.8 Å². The largest absolute Gasteiger partial charge is 0.454 e. The van der Waals surface area contributed by atoms with E-state index >= 15 is 0 Å². The summed E-state index contributed by atoms with van der Waals surface area (Å²) in [5.41, 5.74) is 0.632. The molecule has 8 heteroatoms. The van der Waals surface area contributed by atoms with E-state index in [9.17, 15) is 9.59 Å². The van der Waals surface area contributed by atoms with Gasteiger partial charge in [-0.2, -0.15) is 0 Å². The topological polar surface area (TPSA) is 71.6 Å². The van der Waals surface area contributed by atoms with Gasteiger partial charge >= 0.3 is 6.09 Å². The van der Waals surface area contributed by atoms with E-state index in [1.807, 2.05) is 11.8 Å². The smallest absolute Gasteiger partial charge is 0.409 e. The Bertz CT molecular complexity index is 741. The normalized spacial score (nSPS) is 22.2. The number of ether oxygens (including phenoxy) is 3. The molecule has 0 N–H and O–H groups in total. The molecule has 0 aliphatic carbocycles. The van der Waals surface area contributed by atoms with Crippen LogP contribution in [0.25, 0.3) is 0 Å². The minimum absolute atomic E-state index is 0.0275. The fraction of sp³-hybridized carbons (Fsp3) is 0.600. The minimum atomic E-state index is -0.223. The molecule has 2 fully saturated rings. The predicted octanol–water partition coefficient (Wildman–Crippen LogP) is 1.79. The molecule has 0 spiro atoms. The Morgan fingerprint density at radius 1 is 1.07 bits per heavy atom. The number of benzene rings is 1. The second-order valence-electron chi connectivity index (χ2n) is 7.34. The number of fused-ring (bicyclic) bond motifs is 1. The molecule has 0 bridgehead atoms. The summed E-state index contributed by atoms with van der Waals surface area (Å²) in [6.07, 6.45) is 1.65. The molecule has 0 aromatic heterocycles. The molecule has 3 heterocycles. The van der Waals surface area contributed by atoms with Crippen LogP contribution in [0.5, 0.6) is 11.5 Å². The van der Waals surface area contributed by atoms with Crippen LogP contribution in [-0.4, -0.2) is 85.4 Å². The van der Waals surface area contributed by atoms with Crippen LogP contribution in [0.4, 0.5) is 4.79 Å². The molecule has 2 amide bonds. The van der Waals surface area contributed by atoms with Crippen molar-refractivity contribution in [3.8, 4) is 11.5 Å². The summed E-state index contributed by atoms with van der Waals surface area (Å²) in [4.78, 5) is 31.0. The van der Waals surface area contributed by atoms with Crippen LogP contribution in [0.2, 0.25) is 0 Å². The van der Waals surface area contributed by atoms with E-state index in [0.717, 1.165) is 39.0 Å². The molecule has 2 saturated heterocycles. The van der Waals surface area contributed by atoms with E-state index in [1.165, 1.54) is 0 Å². The quantitative estimate of drug-likeness (QED) is 0.785. The second kappa shape index (κ2) is 8.26. The third kappa shape index (κ3) is 3.87. The van der Waals surface area contributed by atoms with E-state index in [4.69, 9.17) is 14.2 Å². The lowest BCUT2D eigenvalue weighted by molar-refractivity contribution is 0.0758. The van der Waals surface area contributed by atoms with Crippen molar-refractivity contribution in [3.63, 3.8) is 0 Å². The molecule has 152 valence electrons. The van der Waals surface area contributed by atoms with Gasteiger partial charge in [0.1, 0.15) is 0 Å². The maximum atomic E-state index is 12.9. The van der Waals surface area contributed by atoms with Gasteiger partial charge in [-0.05, 0) is 38.0 Å². The monoisotopic (exact) mass is 389 g/mol. The Balaban J connectivity index is 1.34. The summed E-state index contributed by atoms with van der Waals surface area (Å²) < 4.78 is 15.8. The average molecular weight is 389 g/mol. The van der Waals surface area contributed by atoms with Gasteiger partial charge < -0.3 is 24.0 Å². The second-order valence-corrected chi connectivity index (χ2v) is 7.34. The number of hydrogen-bond acceptors (Lipinski definition) is 6. The van der Waals surface area contributed by atoms with Crippen molar-refractivity contribution in [2.24, 2.45) is 0 Å². The fourth-order valence-corrected chi connectivity index (χ4v) is 4.14. The molecular formula is C20H27N3O5. The summed E-state index contributed by atoms with van der Waals surface area (Å²) in [5, 5.41) is 0. The van der Waals surface area contributed by atoms with Gasteiger partial charge in [-0.25, -0.2) is 4.79 Å². The van der Waals surface area contributed by atoms with Crippen LogP contribution in [0.15, 0.2) is 18.2 Å². The van der Waals surface area contributed by atoms with Gasteiger partial charge in [0.05, 0.1) is 6.61 Å². The highest BCUT2D eigenvalue weighted by Crippen LogP contribution is 2.33. The first-order valence-electron chi connectivity index (χ1n) is 10.0. The first-order valence-corrected chi connectivity index (χ1v) is 10.0. The van der Waals surface area contributed by atoms with Gasteiger partial charge in [0.25, 0.3) is 5.91 Å². The molecule has 0 radical (unpaired) electrons. The Kier molecular flexibility index (Phi) is 5.57. The lowest BCUT2D eigenvalue weighted by Crippen LogP contribution is -2.41. The predicted molar refractivity (Wildman–Crippen MR) is 102 cm³/mol. The third-order valence-corrected chi connectivity index (χ3v) is 5.64. The van der Waals surface area contributed by atoms with E-state index in [1.54, 1.807) is 23.1 Å². The van der Waals surface area contributed by atoms with Crippen molar-refractivity contribution in [1.29, 1.82) is 0 Å². The SMILES string of the molecule is CCOC(=O)N1CCC(N2CCCN(C(=O)c3ccc4c(c3)OCO4)CC2)C1. The number of carbonyl (C=O) groups excluding carboxylic acids is 2. The van der Waals surface area contributed by atoms with E-state index in [-0.39, 0.29) is 18.8 Å². The lowest BCUT2D eigenvalue weighted by atomic mass is 10.1. The molecule has 1 unspecified atom stereocenters. The molecular weight excluding hydrogens is 362 g/mol. The van der Waals surface area contributed by atoms with Gasteiger partial charge in [0, 0.05) is 50.9 Å². The first-order chi connectivity index (χ1) is 13.7. The molecule has 8 nitrogen and oxygen atoms in total. The lowest BCUT2D eigenvalue weighted by Gasteiger charge is -2.27. The Labute approximate surface area is 164 Å². The Morgan fingerprint density at radius 3 is 2.79 bits per heavy atom. The molecule has 28 heavy (non-hydrogen) atoms. The number of rotatable bonds is 3. The number of hydrogen-bond donors (Lipinski definition) is 0. The third-order valence-electron chi connectivity index (χ3n) is 5.64. The highest BCUT2D eigenvalue weighted by molar-refractivity contribution is 5.95. The van der Waals surface area contributed by atoms with Crippen molar-refractivity contribution in [1.82, 2.24) is 14.7 Å². The Morgan fingerprint density at radius 2 is 1.93 bits per heavy atom. The van der Waals surface area contributed by atoms with E-state index in [2.05, 4.69) is 4.90 Å². The number of amides is 2. The summed E-state index contributed by atoms with van der Waals surface area (Å²) >= 11 is 0. The number of likely N-dealkylation sites (tertiary alicyclic amines) is 1. The summed E-state index contributed by atoms with van der Waals surface area (Å²) in [6.45, 7) is 7.04. The maximum Gasteiger partial charge on any atom is 0.409 e. The molecule has 1 aromatic rings. The first kappa shape index (κ1) is 18.9. The molecule has 3 aliphatic rings. The van der Waals surface area contributed by atoms with Gasteiger partial charge in [-0.3, -0.25) is 9.69 Å². The minimum Gasteiger partial charge on any atom is -0.454 e. The van der Waals surface area contributed by atoms with E-state index < -0.39 is 0 Å². The van der Waals surface area contributed by atoms with Gasteiger partial charge in [-0.15, -0.1) is 0 Å². The standard InChI is InChI=1S/C20H27N3O5/c1-2-26-20(25)23-9-6-16(13-23)21-7-3-8-22(11-10-21)19(24)15-4-5-17-18(12-15)28-14-27-17/h4-5,12,16H,2-3,6-11,13-14H2,1H3. The molecule has 3 aliphatic heterocycles. The van der Waals surface area contributed by atoms with Crippen molar-refractivity contribution in [3.05, 3.63) is 23.8 Å². The fourth-order valence-electron chi connectivity index (χ4n) is 4.14. The molecule has 0 saturated carbocycles. The van der Waals surface area contributed by atoms with Crippen LogP contribution in [0.3, 0.4) is 0 Å². The van der Waals surface area contributed by atoms with Gasteiger partial charge in [-0.1, -0.05) is 0 Å². The summed E-state index contributed by atoms with van der Waals surface area (Å²) in [6, 6.07) is 5.70. The van der Waals surface area contributed by atoms with Gasteiger partial charge in [0.15, 0.2) is 11.5 Å².